The van der Waals surface area contributed by atoms with Gasteiger partial charge in [-0.15, -0.1) is 0 Å². The number of nitrogens with zero attached hydrogens (tertiary/aromatic N) is 3. The lowest BCUT2D eigenvalue weighted by Gasteiger charge is -2.35. The number of hydrogen-bond acceptors (Lipinski definition) is 6. The topological polar surface area (TPSA) is 69.7 Å². The van der Waals surface area contributed by atoms with Crippen LogP contribution in [-0.2, 0) is 16.1 Å². The van der Waals surface area contributed by atoms with E-state index in [1.807, 2.05) is 23.1 Å². The minimum atomic E-state index is -4.22. The quantitative estimate of drug-likeness (QED) is 0.613. The maximum Gasteiger partial charge on any atom is 0.406 e. The minimum Gasteiger partial charge on any atom is -0.378 e. The summed E-state index contributed by atoms with van der Waals surface area (Å²) in [6.07, 6.45) is 0.0878. The second kappa shape index (κ2) is 9.47. The molecule has 0 unspecified atom stereocenters. The fourth-order valence-electron chi connectivity index (χ4n) is 5.86. The fourth-order valence-corrected chi connectivity index (χ4v) is 5.86. The van der Waals surface area contributed by atoms with Gasteiger partial charge in [-0.25, -0.2) is 4.98 Å². The predicted molar refractivity (Wildman–Crippen MR) is 135 cm³/mol. The van der Waals surface area contributed by atoms with Crippen LogP contribution in [0.4, 0.5) is 36.1 Å². The van der Waals surface area contributed by atoms with Crippen LogP contribution in [0.1, 0.15) is 44.1 Å². The molecule has 10 heteroatoms. The number of aromatic nitrogens is 1. The molecule has 2 aromatic rings. The van der Waals surface area contributed by atoms with Crippen LogP contribution in [0.25, 0.3) is 0 Å². The summed E-state index contributed by atoms with van der Waals surface area (Å²) in [5, 5.41) is 6.29. The average molecular weight is 516 g/mol. The van der Waals surface area contributed by atoms with E-state index in [-0.39, 0.29) is 30.7 Å². The zero-order valence-electron chi connectivity index (χ0n) is 20.7. The number of hydrogen-bond donors (Lipinski definition) is 2. The van der Waals surface area contributed by atoms with Crippen LogP contribution >= 0.6 is 0 Å². The van der Waals surface area contributed by atoms with Crippen molar-refractivity contribution in [2.45, 2.75) is 62.8 Å². The number of morpholine rings is 1. The van der Waals surface area contributed by atoms with Gasteiger partial charge >= 0.3 is 6.18 Å². The zero-order chi connectivity index (χ0) is 25.6. The minimum absolute atomic E-state index is 0.0225. The van der Waals surface area contributed by atoms with Crippen LogP contribution in [-0.4, -0.2) is 55.0 Å². The van der Waals surface area contributed by atoms with Crippen LogP contribution < -0.4 is 20.4 Å². The van der Waals surface area contributed by atoms with E-state index in [1.165, 1.54) is 0 Å². The molecule has 3 fully saturated rings. The molecule has 2 saturated carbocycles. The van der Waals surface area contributed by atoms with E-state index in [1.54, 1.807) is 6.20 Å². The van der Waals surface area contributed by atoms with Crippen molar-refractivity contribution in [2.75, 3.05) is 41.4 Å². The lowest BCUT2D eigenvalue weighted by Crippen LogP contribution is -2.51. The van der Waals surface area contributed by atoms with E-state index < -0.39 is 11.7 Å². The number of nitrogens with one attached hydrogen (secondary N) is 2. The largest absolute Gasteiger partial charge is 0.406 e. The van der Waals surface area contributed by atoms with Gasteiger partial charge in [-0.2, -0.15) is 13.2 Å². The Labute approximate surface area is 214 Å². The summed E-state index contributed by atoms with van der Waals surface area (Å²) in [4.78, 5) is 22.6. The number of alkyl halides is 3. The molecule has 0 spiro atoms. The lowest BCUT2D eigenvalue weighted by molar-refractivity contribution is -0.168. The highest BCUT2D eigenvalue weighted by molar-refractivity contribution is 6.00. The first-order valence-electron chi connectivity index (χ1n) is 13.2. The van der Waals surface area contributed by atoms with Crippen LogP contribution in [0.15, 0.2) is 36.5 Å². The Hall–Kier alpha value is -2.85. The second-order valence-corrected chi connectivity index (χ2v) is 10.6. The fraction of sp³-hybridized carbons (Fsp3) is 0.556. The molecule has 0 radical (unpaired) electrons. The Bertz CT molecular complexity index is 1150. The van der Waals surface area contributed by atoms with Gasteiger partial charge in [-0.05, 0) is 62.8 Å². The van der Waals surface area contributed by atoms with Gasteiger partial charge in [0.25, 0.3) is 0 Å². The molecule has 37 heavy (non-hydrogen) atoms. The zero-order valence-corrected chi connectivity index (χ0v) is 20.7. The number of rotatable bonds is 4. The molecule has 0 atom stereocenters. The monoisotopic (exact) mass is 515 g/mol. The summed E-state index contributed by atoms with van der Waals surface area (Å²) < 4.78 is 45.8. The highest BCUT2D eigenvalue weighted by atomic mass is 19.4. The van der Waals surface area contributed by atoms with Crippen LogP contribution in [0, 0.1) is 5.92 Å². The average Bonchev–Trinajstić information content (AvgIpc) is 3.72. The third-order valence-electron chi connectivity index (χ3n) is 8.24. The highest BCUT2D eigenvalue weighted by Gasteiger charge is 2.63. The van der Waals surface area contributed by atoms with Gasteiger partial charge in [0.15, 0.2) is 0 Å². The smallest absolute Gasteiger partial charge is 0.378 e. The number of anilines is 4. The maximum absolute atomic E-state index is 14.0. The van der Waals surface area contributed by atoms with Gasteiger partial charge in [0.05, 0.1) is 31.1 Å². The van der Waals surface area contributed by atoms with Gasteiger partial charge < -0.3 is 25.2 Å². The molecule has 4 aliphatic rings. The summed E-state index contributed by atoms with van der Waals surface area (Å²) in [6.45, 7) is 3.31. The van der Waals surface area contributed by atoms with Crippen molar-refractivity contribution in [3.8, 4) is 0 Å². The summed E-state index contributed by atoms with van der Waals surface area (Å²) in [5.41, 5.74) is 1.88. The number of halogens is 3. The van der Waals surface area contributed by atoms with E-state index >= 15 is 0 Å². The Morgan fingerprint density at radius 2 is 1.86 bits per heavy atom. The molecule has 6 rings (SSSR count). The third kappa shape index (κ3) is 4.77. The summed E-state index contributed by atoms with van der Waals surface area (Å²) in [7, 11) is 0. The van der Waals surface area contributed by atoms with Crippen molar-refractivity contribution in [3.63, 3.8) is 0 Å². The first-order chi connectivity index (χ1) is 17.8. The van der Waals surface area contributed by atoms with Crippen molar-refractivity contribution < 1.29 is 22.7 Å². The van der Waals surface area contributed by atoms with E-state index in [0.29, 0.717) is 45.4 Å². The molecule has 7 nitrogen and oxygen atoms in total. The highest BCUT2D eigenvalue weighted by Crippen LogP contribution is 2.50. The molecule has 3 heterocycles. The molecule has 2 N–H and O–H groups in total. The van der Waals surface area contributed by atoms with Crippen molar-refractivity contribution in [2.24, 2.45) is 5.92 Å². The van der Waals surface area contributed by atoms with Gasteiger partial charge in [0.1, 0.15) is 11.4 Å². The molecule has 1 aromatic heterocycles. The molecule has 0 bridgehead atoms. The Kier molecular flexibility index (Phi) is 6.27. The number of ether oxygens (including phenoxy) is 1. The molecule has 2 aliphatic heterocycles. The Balaban J connectivity index is 1.23. The Morgan fingerprint density at radius 3 is 2.57 bits per heavy atom. The van der Waals surface area contributed by atoms with Gasteiger partial charge in [-0.1, -0.05) is 6.07 Å². The molecular formula is C27H32F3N5O2. The van der Waals surface area contributed by atoms with Crippen LogP contribution in [0.5, 0.6) is 0 Å². The number of carbonyl (C=O) groups is 1. The normalized spacial score (nSPS) is 24.9. The number of fused-ring (bicyclic) bond motifs is 2. The maximum atomic E-state index is 14.0. The van der Waals surface area contributed by atoms with Crippen LogP contribution in [0.3, 0.4) is 0 Å². The van der Waals surface area contributed by atoms with E-state index in [2.05, 4.69) is 32.7 Å². The molecule has 1 aromatic carbocycles. The molecule has 2 aliphatic carbocycles. The molecule has 1 saturated heterocycles. The standard InChI is InChI=1S/C27H32F3N5O2/c28-27(29,30)26(9-10-26)33-20-5-3-18(4-6-20)25(36)35-17-19-2-1-11-31-24(19)32-22-8-7-21(16-23(22)35)34-12-14-37-15-13-34/h1-2,7-8,11,16,18,20,33H,3-6,9-10,12-15,17H2,(H,31,32)/t18-,20+. The molecular weight excluding hydrogens is 483 g/mol. The molecule has 1 amide bonds. The van der Waals surface area contributed by atoms with Crippen molar-refractivity contribution >= 4 is 28.8 Å². The third-order valence-corrected chi connectivity index (χ3v) is 8.24. The van der Waals surface area contributed by atoms with Crippen LogP contribution in [0.2, 0.25) is 0 Å². The second-order valence-electron chi connectivity index (χ2n) is 10.6. The number of carbonyl (C=O) groups excluding carboxylic acids is 1. The molecule has 198 valence electrons. The SMILES string of the molecule is O=C([C@H]1CC[C@@H](NC2(C(F)(F)F)CC2)CC1)N1Cc2cccnc2Nc2ccc(N3CCOCC3)cc21. The predicted octanol–water partition coefficient (Wildman–Crippen LogP) is 4.75. The number of benzene rings is 1. The summed E-state index contributed by atoms with van der Waals surface area (Å²) in [6, 6.07) is 9.74. The number of pyridine rings is 1. The Morgan fingerprint density at radius 1 is 1.11 bits per heavy atom. The lowest BCUT2D eigenvalue weighted by atomic mass is 9.84. The first kappa shape index (κ1) is 24.5. The number of amides is 1. The van der Waals surface area contributed by atoms with Gasteiger partial charge in [0, 0.05) is 42.5 Å². The van der Waals surface area contributed by atoms with Gasteiger partial charge in [0.2, 0.25) is 5.91 Å². The van der Waals surface area contributed by atoms with E-state index in [0.717, 1.165) is 41.5 Å². The summed E-state index contributed by atoms with van der Waals surface area (Å²) in [5.74, 6) is 0.527. The van der Waals surface area contributed by atoms with E-state index in [4.69, 9.17) is 4.74 Å². The first-order valence-corrected chi connectivity index (χ1v) is 13.2. The van der Waals surface area contributed by atoms with E-state index in [9.17, 15) is 18.0 Å². The van der Waals surface area contributed by atoms with Crippen molar-refractivity contribution in [3.05, 3.63) is 42.1 Å². The van der Waals surface area contributed by atoms with Crippen molar-refractivity contribution in [1.29, 1.82) is 0 Å². The summed E-state index contributed by atoms with van der Waals surface area (Å²) >= 11 is 0. The van der Waals surface area contributed by atoms with Gasteiger partial charge in [-0.3, -0.25) is 4.79 Å². The van der Waals surface area contributed by atoms with Crippen molar-refractivity contribution in [1.82, 2.24) is 10.3 Å².